The highest BCUT2D eigenvalue weighted by atomic mass is 19.4. The quantitative estimate of drug-likeness (QED) is 0.709. The predicted molar refractivity (Wildman–Crippen MR) is 54.8 cm³/mol. The Balaban J connectivity index is 2.08. The summed E-state index contributed by atoms with van der Waals surface area (Å²) in [5, 5.41) is 9.07. The minimum absolute atomic E-state index is 0.00338. The Bertz CT molecular complexity index is 213. The van der Waals surface area contributed by atoms with Gasteiger partial charge in [0.1, 0.15) is 6.61 Å². The van der Waals surface area contributed by atoms with E-state index in [1.54, 1.807) is 0 Å². The van der Waals surface area contributed by atoms with Crippen molar-refractivity contribution >= 4 is 0 Å². The monoisotopic (exact) mass is 257 g/mol. The summed E-state index contributed by atoms with van der Waals surface area (Å²) in [6, 6.07) is -0.0497. The molecule has 0 radical (unpaired) electrons. The summed E-state index contributed by atoms with van der Waals surface area (Å²) in [6.07, 6.45) is -3.74. The van der Waals surface area contributed by atoms with Crippen molar-refractivity contribution in [1.29, 1.82) is 0 Å². The van der Waals surface area contributed by atoms with Crippen molar-refractivity contribution in [3.05, 3.63) is 0 Å². The molecule has 0 saturated carbocycles. The number of hydrogen-bond acceptors (Lipinski definition) is 4. The van der Waals surface area contributed by atoms with Gasteiger partial charge in [0.2, 0.25) is 0 Å². The van der Waals surface area contributed by atoms with Gasteiger partial charge in [0, 0.05) is 19.7 Å². The molecule has 1 saturated heterocycles. The van der Waals surface area contributed by atoms with E-state index >= 15 is 0 Å². The number of alkyl halides is 3. The average molecular weight is 257 g/mol. The summed E-state index contributed by atoms with van der Waals surface area (Å²) in [7, 11) is 0. The number of halogens is 3. The van der Waals surface area contributed by atoms with E-state index in [1.165, 1.54) is 0 Å². The van der Waals surface area contributed by atoms with Crippen LogP contribution in [0.2, 0.25) is 0 Å². The molecule has 1 N–H and O–H groups in total. The normalized spacial score (nSPS) is 22.9. The van der Waals surface area contributed by atoms with Crippen molar-refractivity contribution in [2.24, 2.45) is 0 Å². The molecule has 0 aliphatic carbocycles. The molecule has 1 unspecified atom stereocenters. The van der Waals surface area contributed by atoms with Crippen LogP contribution in [-0.2, 0) is 9.47 Å². The van der Waals surface area contributed by atoms with E-state index < -0.39 is 12.8 Å². The molecule has 0 amide bonds. The minimum atomic E-state index is -4.26. The number of ether oxygens (including phenoxy) is 2. The van der Waals surface area contributed by atoms with E-state index in [0.29, 0.717) is 32.7 Å². The zero-order valence-corrected chi connectivity index (χ0v) is 9.58. The van der Waals surface area contributed by atoms with E-state index in [-0.39, 0.29) is 19.3 Å². The first-order valence-electron chi connectivity index (χ1n) is 5.60. The summed E-state index contributed by atoms with van der Waals surface area (Å²) in [6.45, 7) is 1.27. The summed E-state index contributed by atoms with van der Waals surface area (Å²) in [5.41, 5.74) is 0. The fourth-order valence-electron chi connectivity index (χ4n) is 1.71. The number of nitrogens with zero attached hydrogens (tertiary/aromatic N) is 1. The zero-order valence-electron chi connectivity index (χ0n) is 9.58. The molecular weight excluding hydrogens is 239 g/mol. The standard InChI is InChI=1S/C10H18F3NO3/c11-10(12,13)8-17-4-1-2-14-3-5-16-7-9(14)6-15/h9,15H,1-8H2. The number of rotatable bonds is 6. The van der Waals surface area contributed by atoms with Crippen LogP contribution in [0.4, 0.5) is 13.2 Å². The van der Waals surface area contributed by atoms with Crippen molar-refractivity contribution in [3.63, 3.8) is 0 Å². The van der Waals surface area contributed by atoms with Gasteiger partial charge < -0.3 is 14.6 Å². The van der Waals surface area contributed by atoms with Crippen molar-refractivity contribution in [2.45, 2.75) is 18.6 Å². The van der Waals surface area contributed by atoms with Gasteiger partial charge in [-0.2, -0.15) is 13.2 Å². The number of aliphatic hydroxyl groups excluding tert-OH is 1. The Morgan fingerprint density at radius 2 is 2.18 bits per heavy atom. The molecule has 0 aromatic rings. The molecule has 0 bridgehead atoms. The van der Waals surface area contributed by atoms with Gasteiger partial charge in [0.15, 0.2) is 0 Å². The van der Waals surface area contributed by atoms with Crippen molar-refractivity contribution in [2.75, 3.05) is 46.1 Å². The van der Waals surface area contributed by atoms with E-state index in [1.807, 2.05) is 4.90 Å². The first-order chi connectivity index (χ1) is 8.03. The van der Waals surface area contributed by atoms with Crippen molar-refractivity contribution in [3.8, 4) is 0 Å². The summed E-state index contributed by atoms with van der Waals surface area (Å²) >= 11 is 0. The molecule has 17 heavy (non-hydrogen) atoms. The molecule has 1 fully saturated rings. The molecule has 1 aliphatic heterocycles. The van der Waals surface area contributed by atoms with Crippen molar-refractivity contribution in [1.82, 2.24) is 4.90 Å². The second-order valence-corrected chi connectivity index (χ2v) is 3.97. The van der Waals surface area contributed by atoms with Gasteiger partial charge in [-0.25, -0.2) is 0 Å². The van der Waals surface area contributed by atoms with Gasteiger partial charge in [-0.05, 0) is 6.42 Å². The Kier molecular flexibility index (Phi) is 6.18. The lowest BCUT2D eigenvalue weighted by molar-refractivity contribution is -0.174. The minimum Gasteiger partial charge on any atom is -0.395 e. The Labute approximate surface area is 98.3 Å². The van der Waals surface area contributed by atoms with Gasteiger partial charge in [-0.3, -0.25) is 4.90 Å². The van der Waals surface area contributed by atoms with E-state index in [0.717, 1.165) is 0 Å². The van der Waals surface area contributed by atoms with Crippen molar-refractivity contribution < 1.29 is 27.8 Å². The van der Waals surface area contributed by atoms with Crippen LogP contribution >= 0.6 is 0 Å². The highest BCUT2D eigenvalue weighted by Gasteiger charge is 2.27. The SMILES string of the molecule is OCC1COCCN1CCCOCC(F)(F)F. The molecular formula is C10H18F3NO3. The third-order valence-electron chi connectivity index (χ3n) is 2.56. The zero-order chi connectivity index (χ0) is 12.7. The predicted octanol–water partition coefficient (Wildman–Crippen LogP) is 0.648. The van der Waals surface area contributed by atoms with E-state index in [9.17, 15) is 13.2 Å². The van der Waals surface area contributed by atoms with Crippen LogP contribution in [0.15, 0.2) is 0 Å². The lowest BCUT2D eigenvalue weighted by Crippen LogP contribution is -2.47. The molecule has 102 valence electrons. The van der Waals surface area contributed by atoms with E-state index in [4.69, 9.17) is 9.84 Å². The molecule has 0 spiro atoms. The summed E-state index contributed by atoms with van der Waals surface area (Å²) < 4.78 is 45.0. The second kappa shape index (κ2) is 7.15. The first kappa shape index (κ1) is 14.7. The van der Waals surface area contributed by atoms with Gasteiger partial charge in [-0.15, -0.1) is 0 Å². The molecule has 4 nitrogen and oxygen atoms in total. The third kappa shape index (κ3) is 6.21. The topological polar surface area (TPSA) is 41.9 Å². The smallest absolute Gasteiger partial charge is 0.395 e. The number of aliphatic hydroxyl groups is 1. The number of morpholine rings is 1. The maximum Gasteiger partial charge on any atom is 0.411 e. The Hall–Kier alpha value is -0.370. The molecule has 1 aliphatic rings. The fraction of sp³-hybridized carbons (Fsp3) is 1.00. The molecule has 0 aromatic carbocycles. The maximum atomic E-state index is 11.8. The lowest BCUT2D eigenvalue weighted by atomic mass is 10.2. The molecule has 1 rings (SSSR count). The average Bonchev–Trinajstić information content (AvgIpc) is 2.27. The van der Waals surface area contributed by atoms with Gasteiger partial charge in [0.05, 0.1) is 25.9 Å². The van der Waals surface area contributed by atoms with Crippen LogP contribution in [0.1, 0.15) is 6.42 Å². The van der Waals surface area contributed by atoms with Gasteiger partial charge in [0.25, 0.3) is 0 Å². The molecule has 7 heteroatoms. The summed E-state index contributed by atoms with van der Waals surface area (Å²) in [4.78, 5) is 2.01. The molecule has 1 atom stereocenters. The number of hydrogen-bond donors (Lipinski definition) is 1. The van der Waals surface area contributed by atoms with Crippen LogP contribution in [0.25, 0.3) is 0 Å². The first-order valence-corrected chi connectivity index (χ1v) is 5.60. The lowest BCUT2D eigenvalue weighted by Gasteiger charge is -2.34. The van der Waals surface area contributed by atoms with Crippen LogP contribution in [0.5, 0.6) is 0 Å². The van der Waals surface area contributed by atoms with Gasteiger partial charge in [-0.1, -0.05) is 0 Å². The second-order valence-electron chi connectivity index (χ2n) is 3.97. The van der Waals surface area contributed by atoms with Crippen LogP contribution in [0.3, 0.4) is 0 Å². The highest BCUT2D eigenvalue weighted by Crippen LogP contribution is 2.14. The van der Waals surface area contributed by atoms with Crippen LogP contribution < -0.4 is 0 Å². The summed E-state index contributed by atoms with van der Waals surface area (Å²) in [5.74, 6) is 0. The largest absolute Gasteiger partial charge is 0.411 e. The Morgan fingerprint density at radius 1 is 1.41 bits per heavy atom. The molecule has 1 heterocycles. The van der Waals surface area contributed by atoms with Crippen LogP contribution in [-0.4, -0.2) is 68.3 Å². The fourth-order valence-corrected chi connectivity index (χ4v) is 1.71. The van der Waals surface area contributed by atoms with E-state index in [2.05, 4.69) is 4.74 Å². The highest BCUT2D eigenvalue weighted by molar-refractivity contribution is 4.74. The maximum absolute atomic E-state index is 11.8. The van der Waals surface area contributed by atoms with Crippen LogP contribution in [0, 0.1) is 0 Å². The molecule has 0 aromatic heterocycles. The Morgan fingerprint density at radius 3 is 2.82 bits per heavy atom. The third-order valence-corrected chi connectivity index (χ3v) is 2.56. The van der Waals surface area contributed by atoms with Gasteiger partial charge >= 0.3 is 6.18 Å².